The van der Waals surface area contributed by atoms with Crippen LogP contribution in [0.25, 0.3) is 0 Å². The van der Waals surface area contributed by atoms with Crippen LogP contribution in [0.2, 0.25) is 0 Å². The molecule has 1 aromatic rings. The third-order valence-corrected chi connectivity index (χ3v) is 2.81. The number of hydrogen-bond donors (Lipinski definition) is 0. The monoisotopic (exact) mass is 288 g/mol. The fourth-order valence-corrected chi connectivity index (χ4v) is 1.92. The molecule has 88 valence electrons. The number of esters is 1. The van der Waals surface area contributed by atoms with Gasteiger partial charge in [0.2, 0.25) is 0 Å². The highest BCUT2D eigenvalue weighted by molar-refractivity contribution is 9.10. The van der Waals surface area contributed by atoms with Crippen molar-refractivity contribution >= 4 is 21.9 Å². The van der Waals surface area contributed by atoms with Gasteiger partial charge in [0.25, 0.3) is 0 Å². The molecular weight excluding hydrogens is 275 g/mol. The number of carbonyl (C=O) groups is 1. The largest absolute Gasteiger partial charge is 0.466 e. The first-order chi connectivity index (χ1) is 7.60. The summed E-state index contributed by atoms with van der Waals surface area (Å²) in [5, 5.41) is 0. The lowest BCUT2D eigenvalue weighted by Crippen LogP contribution is -2.16. The van der Waals surface area contributed by atoms with Gasteiger partial charge >= 0.3 is 5.97 Å². The van der Waals surface area contributed by atoms with E-state index in [4.69, 9.17) is 4.74 Å². The Morgan fingerprint density at radius 1 is 1.50 bits per heavy atom. The summed E-state index contributed by atoms with van der Waals surface area (Å²) in [6.45, 7) is 3.88. The van der Waals surface area contributed by atoms with Gasteiger partial charge in [-0.1, -0.05) is 22.9 Å². The maximum atomic E-state index is 13.6. The number of hydrogen-bond acceptors (Lipinski definition) is 2. The maximum absolute atomic E-state index is 13.6. The lowest BCUT2D eigenvalue weighted by molar-refractivity contribution is -0.145. The average Bonchev–Trinajstić information content (AvgIpc) is 2.24. The molecule has 0 aliphatic rings. The van der Waals surface area contributed by atoms with Crippen LogP contribution in [-0.4, -0.2) is 12.6 Å². The van der Waals surface area contributed by atoms with E-state index >= 15 is 0 Å². The van der Waals surface area contributed by atoms with Gasteiger partial charge in [-0.15, -0.1) is 0 Å². The quantitative estimate of drug-likeness (QED) is 0.791. The first kappa shape index (κ1) is 13.2. The number of ether oxygens (including phenoxy) is 1. The molecule has 0 fully saturated rings. The first-order valence-corrected chi connectivity index (χ1v) is 6.01. The Balaban J connectivity index is 3.03. The third-order valence-electron chi connectivity index (χ3n) is 2.31. The molecule has 0 saturated heterocycles. The zero-order valence-electron chi connectivity index (χ0n) is 9.30. The van der Waals surface area contributed by atoms with Crippen LogP contribution in [0.15, 0.2) is 22.7 Å². The fourth-order valence-electron chi connectivity index (χ4n) is 1.54. The third kappa shape index (κ3) is 3.04. The van der Waals surface area contributed by atoms with Crippen LogP contribution in [0.5, 0.6) is 0 Å². The summed E-state index contributed by atoms with van der Waals surface area (Å²) < 4.78 is 19.3. The molecule has 0 N–H and O–H groups in total. The van der Waals surface area contributed by atoms with Gasteiger partial charge < -0.3 is 4.74 Å². The van der Waals surface area contributed by atoms with Gasteiger partial charge in [-0.2, -0.15) is 0 Å². The second kappa shape index (κ2) is 5.99. The van der Waals surface area contributed by atoms with E-state index in [9.17, 15) is 9.18 Å². The number of rotatable bonds is 4. The summed E-state index contributed by atoms with van der Waals surface area (Å²) in [4.78, 5) is 11.6. The summed E-state index contributed by atoms with van der Waals surface area (Å²) in [6.07, 6.45) is 0.520. The summed E-state index contributed by atoms with van der Waals surface area (Å²) in [6, 6.07) is 4.58. The van der Waals surface area contributed by atoms with Gasteiger partial charge in [-0.25, -0.2) is 4.39 Å². The average molecular weight is 289 g/mol. The predicted octanol–water partition coefficient (Wildman–Crippen LogP) is 3.64. The number of carbonyl (C=O) groups excluding carboxylic acids is 1. The number of benzene rings is 1. The zero-order valence-corrected chi connectivity index (χ0v) is 10.9. The highest BCUT2D eigenvalue weighted by atomic mass is 79.9. The van der Waals surface area contributed by atoms with Crippen molar-refractivity contribution in [2.75, 3.05) is 6.61 Å². The molecule has 1 atom stereocenters. The summed E-state index contributed by atoms with van der Waals surface area (Å²) in [7, 11) is 0. The minimum absolute atomic E-state index is 0.310. The Bertz CT molecular complexity index is 379. The Labute approximate surface area is 103 Å². The molecule has 0 heterocycles. The molecule has 0 amide bonds. The Morgan fingerprint density at radius 2 is 2.19 bits per heavy atom. The minimum Gasteiger partial charge on any atom is -0.466 e. The highest BCUT2D eigenvalue weighted by Crippen LogP contribution is 2.26. The molecular formula is C12H14BrFO2. The first-order valence-electron chi connectivity index (χ1n) is 5.21. The van der Waals surface area contributed by atoms with Crippen LogP contribution in [0.1, 0.15) is 31.7 Å². The van der Waals surface area contributed by atoms with Crippen LogP contribution in [0.4, 0.5) is 4.39 Å². The van der Waals surface area contributed by atoms with E-state index in [1.54, 1.807) is 19.1 Å². The lowest BCUT2D eigenvalue weighted by Gasteiger charge is -2.14. The van der Waals surface area contributed by atoms with E-state index in [0.717, 1.165) is 4.47 Å². The Hall–Kier alpha value is -0.900. The van der Waals surface area contributed by atoms with E-state index in [0.29, 0.717) is 18.6 Å². The molecule has 16 heavy (non-hydrogen) atoms. The van der Waals surface area contributed by atoms with Crippen molar-refractivity contribution < 1.29 is 13.9 Å². The van der Waals surface area contributed by atoms with Crippen molar-refractivity contribution in [3.05, 3.63) is 34.1 Å². The van der Waals surface area contributed by atoms with Crippen LogP contribution >= 0.6 is 15.9 Å². The van der Waals surface area contributed by atoms with Gasteiger partial charge in [0, 0.05) is 10.0 Å². The van der Waals surface area contributed by atoms with Crippen molar-refractivity contribution in [3.63, 3.8) is 0 Å². The SMILES string of the molecule is CCOC(=O)C(CC)c1cc(Br)ccc1F. The van der Waals surface area contributed by atoms with Gasteiger partial charge in [0.15, 0.2) is 0 Å². The minimum atomic E-state index is -0.530. The molecule has 1 unspecified atom stereocenters. The molecule has 4 heteroatoms. The molecule has 0 saturated carbocycles. The molecule has 0 aromatic heterocycles. The van der Waals surface area contributed by atoms with E-state index in [2.05, 4.69) is 15.9 Å². The maximum Gasteiger partial charge on any atom is 0.313 e. The highest BCUT2D eigenvalue weighted by Gasteiger charge is 2.23. The van der Waals surface area contributed by atoms with Gasteiger partial charge in [-0.3, -0.25) is 4.79 Å². The van der Waals surface area contributed by atoms with E-state index < -0.39 is 5.92 Å². The topological polar surface area (TPSA) is 26.3 Å². The van der Waals surface area contributed by atoms with Crippen molar-refractivity contribution in [3.8, 4) is 0 Å². The second-order valence-corrected chi connectivity index (χ2v) is 4.29. The molecule has 1 aromatic carbocycles. The normalized spacial score (nSPS) is 12.2. The molecule has 0 aliphatic heterocycles. The lowest BCUT2D eigenvalue weighted by atomic mass is 9.96. The van der Waals surface area contributed by atoms with E-state index in [1.165, 1.54) is 6.07 Å². The molecule has 1 rings (SSSR count). The van der Waals surface area contributed by atoms with Crippen molar-refractivity contribution in [2.24, 2.45) is 0 Å². The van der Waals surface area contributed by atoms with Gasteiger partial charge in [-0.05, 0) is 31.5 Å². The number of halogens is 2. The fraction of sp³-hybridized carbons (Fsp3) is 0.417. The Morgan fingerprint density at radius 3 is 2.75 bits per heavy atom. The molecule has 0 spiro atoms. The molecule has 2 nitrogen and oxygen atoms in total. The van der Waals surface area contributed by atoms with Crippen LogP contribution in [-0.2, 0) is 9.53 Å². The van der Waals surface area contributed by atoms with Gasteiger partial charge in [0.1, 0.15) is 5.82 Å². The Kier molecular flexibility index (Phi) is 4.93. The van der Waals surface area contributed by atoms with Crippen molar-refractivity contribution in [2.45, 2.75) is 26.2 Å². The van der Waals surface area contributed by atoms with Crippen LogP contribution < -0.4 is 0 Å². The molecule has 0 aliphatic carbocycles. The summed E-state index contributed by atoms with van der Waals surface area (Å²) >= 11 is 3.26. The van der Waals surface area contributed by atoms with Gasteiger partial charge in [0.05, 0.1) is 12.5 Å². The second-order valence-electron chi connectivity index (χ2n) is 3.38. The summed E-state index contributed by atoms with van der Waals surface area (Å²) in [5.74, 6) is -1.28. The van der Waals surface area contributed by atoms with Crippen molar-refractivity contribution in [1.29, 1.82) is 0 Å². The van der Waals surface area contributed by atoms with E-state index in [1.807, 2.05) is 6.92 Å². The van der Waals surface area contributed by atoms with E-state index in [-0.39, 0.29) is 11.8 Å². The van der Waals surface area contributed by atoms with Crippen LogP contribution in [0, 0.1) is 5.82 Å². The molecule has 0 bridgehead atoms. The molecule has 0 radical (unpaired) electrons. The van der Waals surface area contributed by atoms with Crippen molar-refractivity contribution in [1.82, 2.24) is 0 Å². The zero-order chi connectivity index (χ0) is 12.1. The predicted molar refractivity (Wildman–Crippen MR) is 63.8 cm³/mol. The van der Waals surface area contributed by atoms with Crippen LogP contribution in [0.3, 0.4) is 0 Å². The smallest absolute Gasteiger partial charge is 0.313 e. The summed E-state index contributed by atoms with van der Waals surface area (Å²) in [5.41, 5.74) is 0.385. The standard InChI is InChI=1S/C12H14BrFO2/c1-3-9(12(15)16-4-2)10-7-8(13)5-6-11(10)14/h5-7,9H,3-4H2,1-2H3.